The maximum absolute atomic E-state index is 12.0. The Morgan fingerprint density at radius 2 is 2.09 bits per heavy atom. The van der Waals surface area contributed by atoms with E-state index < -0.39 is 17.9 Å². The first-order valence-corrected chi connectivity index (χ1v) is 8.38. The molecular weight excluding hydrogens is 314 g/mol. The molecule has 0 aliphatic carbocycles. The van der Waals surface area contributed by atoms with Gasteiger partial charge in [-0.3, -0.25) is 4.79 Å². The fourth-order valence-electron chi connectivity index (χ4n) is 1.72. The van der Waals surface area contributed by atoms with Gasteiger partial charge < -0.3 is 15.7 Å². The highest BCUT2D eigenvalue weighted by Crippen LogP contribution is 2.03. The first kappa shape index (κ1) is 18.6. The van der Waals surface area contributed by atoms with Gasteiger partial charge in [0.25, 0.3) is 5.91 Å². The van der Waals surface area contributed by atoms with Crippen molar-refractivity contribution in [2.75, 3.05) is 12.0 Å². The first-order chi connectivity index (χ1) is 11.1. The van der Waals surface area contributed by atoms with Crippen LogP contribution in [-0.2, 0) is 16.1 Å². The summed E-state index contributed by atoms with van der Waals surface area (Å²) in [5, 5.41) is 23.4. The third-order valence-electron chi connectivity index (χ3n) is 3.00. The number of hydrogen-bond acceptors (Lipinski definition) is 5. The number of carbonyl (C=O) groups is 2. The summed E-state index contributed by atoms with van der Waals surface area (Å²) < 4.78 is 0. The largest absolute Gasteiger partial charge is 0.480 e. The van der Waals surface area contributed by atoms with E-state index in [9.17, 15) is 9.59 Å². The SMILES string of the molecule is CSCCC(N/C=C(/C#N)C(=O)NCc1ccccc1)C(=O)O. The molecule has 23 heavy (non-hydrogen) atoms. The molecule has 0 aromatic heterocycles. The molecule has 0 saturated carbocycles. The molecular formula is C16H19N3O3S. The molecule has 0 radical (unpaired) electrons. The number of carboxylic acid groups (broad SMARTS) is 1. The zero-order valence-electron chi connectivity index (χ0n) is 12.8. The molecule has 0 aliphatic heterocycles. The topological polar surface area (TPSA) is 102 Å². The molecule has 0 fully saturated rings. The summed E-state index contributed by atoms with van der Waals surface area (Å²) in [5.41, 5.74) is 0.755. The first-order valence-electron chi connectivity index (χ1n) is 6.98. The van der Waals surface area contributed by atoms with Crippen LogP contribution < -0.4 is 10.6 Å². The van der Waals surface area contributed by atoms with Crippen LogP contribution in [0.25, 0.3) is 0 Å². The Bertz CT molecular complexity index is 596. The summed E-state index contributed by atoms with van der Waals surface area (Å²) in [6.07, 6.45) is 3.45. The lowest BCUT2D eigenvalue weighted by Crippen LogP contribution is -2.35. The van der Waals surface area contributed by atoms with Crippen LogP contribution in [0.2, 0.25) is 0 Å². The summed E-state index contributed by atoms with van der Waals surface area (Å²) >= 11 is 1.53. The minimum atomic E-state index is -1.02. The second-order valence-corrected chi connectivity index (χ2v) is 5.66. The van der Waals surface area contributed by atoms with Crippen LogP contribution in [0.15, 0.2) is 42.1 Å². The lowest BCUT2D eigenvalue weighted by molar-refractivity contribution is -0.139. The van der Waals surface area contributed by atoms with Gasteiger partial charge >= 0.3 is 5.97 Å². The number of benzene rings is 1. The van der Waals surface area contributed by atoms with Crippen LogP contribution in [0.1, 0.15) is 12.0 Å². The Hall–Kier alpha value is -2.46. The standard InChI is InChI=1S/C16H19N3O3S/c1-23-8-7-14(16(21)22)18-11-13(9-17)15(20)19-10-12-5-3-2-4-6-12/h2-6,11,14,18H,7-8,10H2,1H3,(H,19,20)(H,21,22)/b13-11-. The molecule has 0 saturated heterocycles. The Balaban J connectivity index is 2.61. The minimum Gasteiger partial charge on any atom is -0.480 e. The van der Waals surface area contributed by atoms with Crippen molar-refractivity contribution in [3.8, 4) is 6.07 Å². The Morgan fingerprint density at radius 1 is 1.39 bits per heavy atom. The van der Waals surface area contributed by atoms with Crippen molar-refractivity contribution in [1.82, 2.24) is 10.6 Å². The van der Waals surface area contributed by atoms with E-state index in [0.29, 0.717) is 18.7 Å². The zero-order valence-corrected chi connectivity index (χ0v) is 13.6. The number of carbonyl (C=O) groups excluding carboxylic acids is 1. The fourth-order valence-corrected chi connectivity index (χ4v) is 2.19. The van der Waals surface area contributed by atoms with E-state index in [0.717, 1.165) is 5.56 Å². The van der Waals surface area contributed by atoms with Crippen LogP contribution >= 0.6 is 11.8 Å². The molecule has 1 atom stereocenters. The summed E-state index contributed by atoms with van der Waals surface area (Å²) in [6.45, 7) is 0.299. The van der Waals surface area contributed by atoms with Gasteiger partial charge in [-0.2, -0.15) is 17.0 Å². The molecule has 1 unspecified atom stereocenters. The van der Waals surface area contributed by atoms with E-state index >= 15 is 0 Å². The molecule has 1 amide bonds. The van der Waals surface area contributed by atoms with Gasteiger partial charge in [-0.1, -0.05) is 30.3 Å². The van der Waals surface area contributed by atoms with Crippen molar-refractivity contribution >= 4 is 23.6 Å². The highest BCUT2D eigenvalue weighted by Gasteiger charge is 2.16. The monoisotopic (exact) mass is 333 g/mol. The van der Waals surface area contributed by atoms with E-state index in [1.54, 1.807) is 6.07 Å². The highest BCUT2D eigenvalue weighted by molar-refractivity contribution is 7.98. The number of nitrogens with zero attached hydrogens (tertiary/aromatic N) is 1. The lowest BCUT2D eigenvalue weighted by atomic mass is 10.2. The molecule has 1 aromatic rings. The smallest absolute Gasteiger partial charge is 0.326 e. The van der Waals surface area contributed by atoms with Crippen molar-refractivity contribution in [2.24, 2.45) is 0 Å². The molecule has 7 heteroatoms. The van der Waals surface area contributed by atoms with Crippen molar-refractivity contribution in [3.63, 3.8) is 0 Å². The quantitative estimate of drug-likeness (QED) is 0.468. The summed E-state index contributed by atoms with van der Waals surface area (Å²) in [7, 11) is 0. The van der Waals surface area contributed by atoms with Gasteiger partial charge in [0.2, 0.25) is 0 Å². The average Bonchev–Trinajstić information content (AvgIpc) is 2.56. The second-order valence-electron chi connectivity index (χ2n) is 4.68. The van der Waals surface area contributed by atoms with Crippen molar-refractivity contribution in [3.05, 3.63) is 47.7 Å². The number of amides is 1. The van der Waals surface area contributed by atoms with Crippen molar-refractivity contribution < 1.29 is 14.7 Å². The summed E-state index contributed by atoms with van der Waals surface area (Å²) in [4.78, 5) is 23.1. The van der Waals surface area contributed by atoms with Crippen molar-refractivity contribution in [1.29, 1.82) is 5.26 Å². The van der Waals surface area contributed by atoms with Crippen LogP contribution in [-0.4, -0.2) is 35.0 Å². The molecule has 0 aliphatic rings. The molecule has 1 aromatic carbocycles. The maximum atomic E-state index is 12.0. The van der Waals surface area contributed by atoms with Gasteiger partial charge in [-0.05, 0) is 24.0 Å². The Morgan fingerprint density at radius 3 is 2.65 bits per heavy atom. The van der Waals surface area contributed by atoms with E-state index in [2.05, 4.69) is 10.6 Å². The maximum Gasteiger partial charge on any atom is 0.326 e. The van der Waals surface area contributed by atoms with Crippen LogP contribution in [0.3, 0.4) is 0 Å². The van der Waals surface area contributed by atoms with Gasteiger partial charge in [0.05, 0.1) is 0 Å². The molecule has 0 bridgehead atoms. The molecule has 0 heterocycles. The number of thioether (sulfide) groups is 1. The summed E-state index contributed by atoms with van der Waals surface area (Å²) in [6, 6.07) is 10.2. The van der Waals surface area contributed by atoms with Crippen molar-refractivity contribution in [2.45, 2.75) is 19.0 Å². The van der Waals surface area contributed by atoms with Gasteiger partial charge in [0.15, 0.2) is 0 Å². The predicted molar refractivity (Wildman–Crippen MR) is 89.5 cm³/mol. The van der Waals surface area contributed by atoms with E-state index in [4.69, 9.17) is 10.4 Å². The number of hydrogen-bond donors (Lipinski definition) is 3. The van der Waals surface area contributed by atoms with Gasteiger partial charge in [-0.25, -0.2) is 4.79 Å². The van der Waals surface area contributed by atoms with Crippen LogP contribution in [0, 0.1) is 11.3 Å². The van der Waals surface area contributed by atoms with Crippen LogP contribution in [0.4, 0.5) is 0 Å². The second kappa shape index (κ2) is 10.3. The normalized spacial score (nSPS) is 12.1. The third-order valence-corrected chi connectivity index (χ3v) is 3.64. The molecule has 1 rings (SSSR count). The van der Waals surface area contributed by atoms with Crippen LogP contribution in [0.5, 0.6) is 0 Å². The molecule has 122 valence electrons. The highest BCUT2D eigenvalue weighted by atomic mass is 32.2. The number of nitrogens with one attached hydrogen (secondary N) is 2. The van der Waals surface area contributed by atoms with Gasteiger partial charge in [0, 0.05) is 12.7 Å². The number of rotatable bonds is 9. The Labute approximate surface area is 139 Å². The molecule has 6 nitrogen and oxygen atoms in total. The molecule has 3 N–H and O–H groups in total. The number of aliphatic carboxylic acids is 1. The van der Waals surface area contributed by atoms with E-state index in [-0.39, 0.29) is 5.57 Å². The zero-order chi connectivity index (χ0) is 17.1. The van der Waals surface area contributed by atoms with E-state index in [1.807, 2.05) is 36.6 Å². The minimum absolute atomic E-state index is 0.156. The lowest BCUT2D eigenvalue weighted by Gasteiger charge is -2.12. The third kappa shape index (κ3) is 6.89. The fraction of sp³-hybridized carbons (Fsp3) is 0.312. The molecule has 0 spiro atoms. The average molecular weight is 333 g/mol. The van der Waals surface area contributed by atoms with Gasteiger partial charge in [0.1, 0.15) is 17.7 Å². The summed E-state index contributed by atoms with van der Waals surface area (Å²) in [5.74, 6) is -0.893. The van der Waals surface area contributed by atoms with E-state index in [1.165, 1.54) is 18.0 Å². The number of nitriles is 1. The van der Waals surface area contributed by atoms with Gasteiger partial charge in [-0.15, -0.1) is 0 Å². The predicted octanol–water partition coefficient (Wildman–Crippen LogP) is 1.51. The number of carboxylic acids is 1. The Kier molecular flexibility index (Phi) is 8.32.